The summed E-state index contributed by atoms with van der Waals surface area (Å²) < 4.78 is 0. The van der Waals surface area contributed by atoms with Crippen molar-refractivity contribution in [2.45, 2.75) is 25.4 Å². The molecule has 0 spiro atoms. The van der Waals surface area contributed by atoms with Crippen LogP contribution in [0.25, 0.3) is 0 Å². The van der Waals surface area contributed by atoms with Gasteiger partial charge < -0.3 is 10.4 Å². The molecule has 2 rings (SSSR count). The number of carbonyl (C=O) groups excluding carboxylic acids is 2. The van der Waals surface area contributed by atoms with Crippen molar-refractivity contribution < 1.29 is 19.5 Å². The fourth-order valence-corrected chi connectivity index (χ4v) is 1.94. The number of carboxylic acids is 1. The Balaban J connectivity index is 1.95. The first-order valence-electron chi connectivity index (χ1n) is 5.95. The Hall–Kier alpha value is -2.21. The second-order valence-electron chi connectivity index (χ2n) is 4.39. The van der Waals surface area contributed by atoms with Crippen LogP contribution in [0.2, 0.25) is 0 Å². The highest BCUT2D eigenvalue weighted by molar-refractivity contribution is 6.00. The van der Waals surface area contributed by atoms with Crippen LogP contribution in [-0.4, -0.2) is 28.9 Å². The van der Waals surface area contributed by atoms with E-state index in [1.54, 1.807) is 18.2 Å². The molecule has 2 amide bonds. The number of carboxylic acid groups (broad SMARTS) is 1. The standard InChI is InChI=1S/C13H14N2O4/c16-11-5-4-10(12(17)15-11)14-7-8-2-1-3-9(6-8)13(18)19/h1-3,6,10,14H,4-5,7H2,(H,18,19)(H,15,16,17). The van der Waals surface area contributed by atoms with Gasteiger partial charge in [0.1, 0.15) is 0 Å². The van der Waals surface area contributed by atoms with Crippen LogP contribution in [0.3, 0.4) is 0 Å². The van der Waals surface area contributed by atoms with E-state index in [-0.39, 0.29) is 17.4 Å². The molecule has 0 aliphatic carbocycles. The maximum absolute atomic E-state index is 11.5. The van der Waals surface area contributed by atoms with Gasteiger partial charge in [0, 0.05) is 13.0 Å². The molecule has 1 atom stereocenters. The summed E-state index contributed by atoms with van der Waals surface area (Å²) in [6.07, 6.45) is 0.780. The van der Waals surface area contributed by atoms with E-state index >= 15 is 0 Å². The van der Waals surface area contributed by atoms with E-state index in [1.807, 2.05) is 0 Å². The number of nitrogens with one attached hydrogen (secondary N) is 2. The smallest absolute Gasteiger partial charge is 0.335 e. The predicted octanol–water partition coefficient (Wildman–Crippen LogP) is 0.280. The summed E-state index contributed by atoms with van der Waals surface area (Å²) >= 11 is 0. The van der Waals surface area contributed by atoms with E-state index in [4.69, 9.17) is 5.11 Å². The Morgan fingerprint density at radius 2 is 2.21 bits per heavy atom. The van der Waals surface area contributed by atoms with E-state index in [2.05, 4.69) is 10.6 Å². The van der Waals surface area contributed by atoms with Crippen molar-refractivity contribution in [3.63, 3.8) is 0 Å². The molecule has 19 heavy (non-hydrogen) atoms. The van der Waals surface area contributed by atoms with Gasteiger partial charge in [0.25, 0.3) is 0 Å². The first-order valence-corrected chi connectivity index (χ1v) is 5.95. The van der Waals surface area contributed by atoms with Gasteiger partial charge in [0.15, 0.2) is 0 Å². The lowest BCUT2D eigenvalue weighted by Gasteiger charge is -2.21. The van der Waals surface area contributed by atoms with Crippen molar-refractivity contribution in [2.75, 3.05) is 0 Å². The molecule has 3 N–H and O–H groups in total. The van der Waals surface area contributed by atoms with E-state index in [1.165, 1.54) is 6.07 Å². The molecule has 0 saturated carbocycles. The normalized spacial score (nSPS) is 19.1. The Kier molecular flexibility index (Phi) is 3.91. The number of aromatic carboxylic acids is 1. The molecule has 1 heterocycles. The van der Waals surface area contributed by atoms with Gasteiger partial charge in [-0.1, -0.05) is 12.1 Å². The fourth-order valence-electron chi connectivity index (χ4n) is 1.94. The number of piperidine rings is 1. The summed E-state index contributed by atoms with van der Waals surface area (Å²) in [5, 5.41) is 14.2. The zero-order chi connectivity index (χ0) is 13.8. The largest absolute Gasteiger partial charge is 0.478 e. The second-order valence-corrected chi connectivity index (χ2v) is 4.39. The van der Waals surface area contributed by atoms with Crippen LogP contribution in [0.4, 0.5) is 0 Å². The van der Waals surface area contributed by atoms with Crippen LogP contribution in [0, 0.1) is 0 Å². The highest BCUT2D eigenvalue weighted by Crippen LogP contribution is 2.08. The zero-order valence-corrected chi connectivity index (χ0v) is 10.2. The van der Waals surface area contributed by atoms with E-state index in [0.717, 1.165) is 5.56 Å². The van der Waals surface area contributed by atoms with Gasteiger partial charge in [-0.05, 0) is 24.1 Å². The summed E-state index contributed by atoms with van der Waals surface area (Å²) in [4.78, 5) is 33.3. The Morgan fingerprint density at radius 3 is 2.89 bits per heavy atom. The number of imide groups is 1. The lowest BCUT2D eigenvalue weighted by Crippen LogP contribution is -2.50. The third kappa shape index (κ3) is 3.38. The van der Waals surface area contributed by atoms with Crippen LogP contribution in [0.5, 0.6) is 0 Å². The van der Waals surface area contributed by atoms with Gasteiger partial charge >= 0.3 is 5.97 Å². The summed E-state index contributed by atoms with van der Waals surface area (Å²) in [5.41, 5.74) is 0.993. The fraction of sp³-hybridized carbons (Fsp3) is 0.308. The van der Waals surface area contributed by atoms with Crippen LogP contribution in [0.15, 0.2) is 24.3 Å². The quantitative estimate of drug-likeness (QED) is 0.677. The zero-order valence-electron chi connectivity index (χ0n) is 10.2. The average molecular weight is 262 g/mol. The number of rotatable bonds is 4. The van der Waals surface area contributed by atoms with Crippen molar-refractivity contribution in [2.24, 2.45) is 0 Å². The summed E-state index contributed by atoms with van der Waals surface area (Å²) in [6, 6.07) is 6.10. The number of carbonyl (C=O) groups is 3. The molecule has 6 heteroatoms. The lowest BCUT2D eigenvalue weighted by atomic mass is 10.1. The second kappa shape index (κ2) is 5.62. The van der Waals surface area contributed by atoms with Gasteiger partial charge in [-0.2, -0.15) is 0 Å². The van der Waals surface area contributed by atoms with Crippen LogP contribution < -0.4 is 10.6 Å². The molecular weight excluding hydrogens is 248 g/mol. The maximum atomic E-state index is 11.5. The molecule has 1 aliphatic heterocycles. The van der Waals surface area contributed by atoms with Crippen molar-refractivity contribution in [3.05, 3.63) is 35.4 Å². The highest BCUT2D eigenvalue weighted by Gasteiger charge is 2.25. The van der Waals surface area contributed by atoms with Gasteiger partial charge in [-0.3, -0.25) is 14.9 Å². The van der Waals surface area contributed by atoms with Gasteiger partial charge in [0.05, 0.1) is 11.6 Å². The first kappa shape index (κ1) is 13.2. The number of benzene rings is 1. The monoisotopic (exact) mass is 262 g/mol. The number of hydrogen-bond acceptors (Lipinski definition) is 4. The molecule has 1 aromatic carbocycles. The molecule has 100 valence electrons. The number of hydrogen-bond donors (Lipinski definition) is 3. The van der Waals surface area contributed by atoms with E-state index < -0.39 is 12.0 Å². The third-order valence-corrected chi connectivity index (χ3v) is 2.97. The van der Waals surface area contributed by atoms with Crippen molar-refractivity contribution in [1.29, 1.82) is 0 Å². The first-order chi connectivity index (χ1) is 9.06. The third-order valence-electron chi connectivity index (χ3n) is 2.97. The minimum Gasteiger partial charge on any atom is -0.478 e. The predicted molar refractivity (Wildman–Crippen MR) is 66.4 cm³/mol. The van der Waals surface area contributed by atoms with Gasteiger partial charge in [-0.25, -0.2) is 4.79 Å². The lowest BCUT2D eigenvalue weighted by molar-refractivity contribution is -0.134. The highest BCUT2D eigenvalue weighted by atomic mass is 16.4. The minimum absolute atomic E-state index is 0.211. The van der Waals surface area contributed by atoms with Crippen LogP contribution in [-0.2, 0) is 16.1 Å². The Bertz CT molecular complexity index is 527. The maximum Gasteiger partial charge on any atom is 0.335 e. The van der Waals surface area contributed by atoms with Crippen molar-refractivity contribution in [1.82, 2.24) is 10.6 Å². The van der Waals surface area contributed by atoms with E-state index in [0.29, 0.717) is 19.4 Å². The molecule has 0 aromatic heterocycles. The molecular formula is C13H14N2O4. The molecule has 1 aliphatic rings. The summed E-state index contributed by atoms with van der Waals surface area (Å²) in [7, 11) is 0. The molecule has 1 unspecified atom stereocenters. The molecule has 6 nitrogen and oxygen atoms in total. The molecule has 0 radical (unpaired) electrons. The number of amides is 2. The van der Waals surface area contributed by atoms with Crippen molar-refractivity contribution >= 4 is 17.8 Å². The van der Waals surface area contributed by atoms with Crippen LogP contribution in [0.1, 0.15) is 28.8 Å². The van der Waals surface area contributed by atoms with Gasteiger partial charge in [0.2, 0.25) is 11.8 Å². The molecule has 1 saturated heterocycles. The Labute approximate surface area is 109 Å². The molecule has 1 fully saturated rings. The van der Waals surface area contributed by atoms with Crippen LogP contribution >= 0.6 is 0 Å². The van der Waals surface area contributed by atoms with Crippen molar-refractivity contribution in [3.8, 4) is 0 Å². The average Bonchev–Trinajstić information content (AvgIpc) is 2.38. The summed E-state index contributed by atoms with van der Waals surface area (Å²) in [6.45, 7) is 0.382. The summed E-state index contributed by atoms with van der Waals surface area (Å²) in [5.74, 6) is -1.57. The minimum atomic E-state index is -0.983. The topological polar surface area (TPSA) is 95.5 Å². The van der Waals surface area contributed by atoms with E-state index in [9.17, 15) is 14.4 Å². The van der Waals surface area contributed by atoms with Gasteiger partial charge in [-0.15, -0.1) is 0 Å². The molecule has 1 aromatic rings. The molecule has 0 bridgehead atoms. The SMILES string of the molecule is O=C1CCC(NCc2cccc(C(=O)O)c2)C(=O)N1. The Morgan fingerprint density at radius 1 is 1.42 bits per heavy atom.